The van der Waals surface area contributed by atoms with Crippen molar-refractivity contribution >= 4 is 12.0 Å². The molecule has 0 bridgehead atoms. The van der Waals surface area contributed by atoms with Gasteiger partial charge in [0.25, 0.3) is 0 Å². The molecule has 1 atom stereocenters. The number of carboxylic acids is 1. The van der Waals surface area contributed by atoms with Gasteiger partial charge in [-0.25, -0.2) is 9.59 Å². The molecule has 7 heteroatoms. The molecule has 7 nitrogen and oxygen atoms in total. The van der Waals surface area contributed by atoms with Gasteiger partial charge in [0.2, 0.25) is 0 Å². The molecule has 0 radical (unpaired) electrons. The summed E-state index contributed by atoms with van der Waals surface area (Å²) >= 11 is 0. The van der Waals surface area contributed by atoms with Crippen molar-refractivity contribution in [3.05, 3.63) is 18.0 Å². The summed E-state index contributed by atoms with van der Waals surface area (Å²) in [5.41, 5.74) is 0.288. The van der Waals surface area contributed by atoms with Crippen molar-refractivity contribution in [3.63, 3.8) is 0 Å². The van der Waals surface area contributed by atoms with Gasteiger partial charge in [0.1, 0.15) is 0 Å². The van der Waals surface area contributed by atoms with Crippen LogP contribution in [0.4, 0.5) is 4.79 Å². The largest absolute Gasteiger partial charge is 0.479 e. The summed E-state index contributed by atoms with van der Waals surface area (Å²) in [6.45, 7) is 2.02. The number of amides is 2. The van der Waals surface area contributed by atoms with E-state index in [2.05, 4.69) is 15.7 Å². The standard InChI is InChI=1S/C13H20N4O3/c1-3-13(5-4-6-13)16-12(20)15-10(11(18)19)9-7-14-17(2)8-9/h7-8,10H,3-6H2,1-2H3,(H,18,19)(H2,15,16,20). The van der Waals surface area contributed by atoms with Crippen LogP contribution in [0.15, 0.2) is 12.4 Å². The Labute approximate surface area is 117 Å². The van der Waals surface area contributed by atoms with Gasteiger partial charge >= 0.3 is 12.0 Å². The van der Waals surface area contributed by atoms with Gasteiger partial charge in [-0.05, 0) is 25.7 Å². The Kier molecular flexibility index (Phi) is 3.96. The zero-order valence-electron chi connectivity index (χ0n) is 11.7. The SMILES string of the molecule is CCC1(NC(=O)NC(C(=O)O)c2cnn(C)c2)CCC1. The number of nitrogens with one attached hydrogen (secondary N) is 2. The van der Waals surface area contributed by atoms with Crippen LogP contribution in [-0.4, -0.2) is 32.4 Å². The number of urea groups is 1. The molecule has 1 aromatic rings. The Morgan fingerprint density at radius 3 is 2.65 bits per heavy atom. The maximum atomic E-state index is 12.0. The van der Waals surface area contributed by atoms with Crippen molar-refractivity contribution in [3.8, 4) is 0 Å². The first-order chi connectivity index (χ1) is 9.46. The van der Waals surface area contributed by atoms with Crippen molar-refractivity contribution in [2.75, 3.05) is 0 Å². The van der Waals surface area contributed by atoms with Gasteiger partial charge < -0.3 is 15.7 Å². The predicted octanol–water partition coefficient (Wildman–Crippen LogP) is 1.18. The van der Waals surface area contributed by atoms with Crippen molar-refractivity contribution in [2.24, 2.45) is 7.05 Å². The predicted molar refractivity (Wildman–Crippen MR) is 72.1 cm³/mol. The normalized spacial score (nSPS) is 17.9. The number of hydrogen-bond acceptors (Lipinski definition) is 3. The second-order valence-electron chi connectivity index (χ2n) is 5.30. The van der Waals surface area contributed by atoms with Gasteiger partial charge in [-0.15, -0.1) is 0 Å². The summed E-state index contributed by atoms with van der Waals surface area (Å²) in [7, 11) is 1.70. The molecule has 20 heavy (non-hydrogen) atoms. The number of hydrogen-bond donors (Lipinski definition) is 3. The first-order valence-corrected chi connectivity index (χ1v) is 6.76. The zero-order chi connectivity index (χ0) is 14.8. The number of carboxylic acid groups (broad SMARTS) is 1. The molecule has 1 aliphatic carbocycles. The number of nitrogens with zero attached hydrogens (tertiary/aromatic N) is 2. The Bertz CT molecular complexity index is 502. The number of carbonyl (C=O) groups is 2. The lowest BCUT2D eigenvalue weighted by atomic mass is 9.75. The van der Waals surface area contributed by atoms with Crippen LogP contribution in [0.2, 0.25) is 0 Å². The van der Waals surface area contributed by atoms with E-state index in [1.54, 1.807) is 13.2 Å². The molecule has 1 fully saturated rings. The van der Waals surface area contributed by atoms with Gasteiger partial charge in [-0.1, -0.05) is 6.92 Å². The van der Waals surface area contributed by atoms with Gasteiger partial charge in [-0.3, -0.25) is 4.68 Å². The molecule has 3 N–H and O–H groups in total. The monoisotopic (exact) mass is 280 g/mol. The number of carbonyl (C=O) groups excluding carboxylic acids is 1. The highest BCUT2D eigenvalue weighted by molar-refractivity contribution is 5.83. The number of rotatable bonds is 5. The molecule has 0 aliphatic heterocycles. The lowest BCUT2D eigenvalue weighted by Gasteiger charge is -2.42. The number of aromatic nitrogens is 2. The summed E-state index contributed by atoms with van der Waals surface area (Å²) in [4.78, 5) is 23.3. The number of aryl methyl sites for hydroxylation is 1. The second-order valence-corrected chi connectivity index (χ2v) is 5.30. The van der Waals surface area contributed by atoms with Crippen LogP contribution in [0, 0.1) is 0 Å². The summed E-state index contributed by atoms with van der Waals surface area (Å²) in [6, 6.07) is -1.53. The number of aliphatic carboxylic acids is 1. The van der Waals surface area contributed by atoms with Crippen LogP contribution in [0.5, 0.6) is 0 Å². The highest BCUT2D eigenvalue weighted by Gasteiger charge is 2.37. The van der Waals surface area contributed by atoms with Crippen molar-refractivity contribution in [1.82, 2.24) is 20.4 Å². The Morgan fingerprint density at radius 1 is 1.55 bits per heavy atom. The van der Waals surface area contributed by atoms with E-state index in [0.717, 1.165) is 25.7 Å². The van der Waals surface area contributed by atoms with E-state index in [1.807, 2.05) is 6.92 Å². The lowest BCUT2D eigenvalue weighted by Crippen LogP contribution is -2.56. The fraction of sp³-hybridized carbons (Fsp3) is 0.615. The first-order valence-electron chi connectivity index (χ1n) is 6.76. The second kappa shape index (κ2) is 5.52. The molecule has 1 unspecified atom stereocenters. The summed E-state index contributed by atoms with van der Waals surface area (Å²) in [6.07, 6.45) is 6.86. The minimum Gasteiger partial charge on any atom is -0.479 e. The van der Waals surface area contributed by atoms with Gasteiger partial charge in [0, 0.05) is 24.3 Å². The Morgan fingerprint density at radius 2 is 2.25 bits per heavy atom. The van der Waals surface area contributed by atoms with Crippen LogP contribution in [0.1, 0.15) is 44.2 Å². The van der Waals surface area contributed by atoms with E-state index in [1.165, 1.54) is 10.9 Å². The van der Waals surface area contributed by atoms with Crippen LogP contribution in [0.3, 0.4) is 0 Å². The van der Waals surface area contributed by atoms with Crippen LogP contribution in [0.25, 0.3) is 0 Å². The molecule has 2 amide bonds. The zero-order valence-corrected chi connectivity index (χ0v) is 11.7. The topological polar surface area (TPSA) is 96.2 Å². The summed E-state index contributed by atoms with van der Waals surface area (Å²) in [5.74, 6) is -1.10. The highest BCUT2D eigenvalue weighted by Crippen LogP contribution is 2.34. The summed E-state index contributed by atoms with van der Waals surface area (Å²) in [5, 5.41) is 18.6. The molecule has 0 spiro atoms. The molecule has 110 valence electrons. The average Bonchev–Trinajstić information content (AvgIpc) is 2.77. The third-order valence-electron chi connectivity index (χ3n) is 3.95. The fourth-order valence-electron chi connectivity index (χ4n) is 2.46. The third-order valence-corrected chi connectivity index (χ3v) is 3.95. The smallest absolute Gasteiger partial charge is 0.331 e. The molecular weight excluding hydrogens is 260 g/mol. The minimum absolute atomic E-state index is 0.165. The minimum atomic E-state index is -1.10. The maximum Gasteiger partial charge on any atom is 0.331 e. The maximum absolute atomic E-state index is 12.0. The van der Waals surface area contributed by atoms with E-state index in [-0.39, 0.29) is 5.54 Å². The van der Waals surface area contributed by atoms with E-state index in [0.29, 0.717) is 5.56 Å². The fourth-order valence-corrected chi connectivity index (χ4v) is 2.46. The Balaban J connectivity index is 2.01. The highest BCUT2D eigenvalue weighted by atomic mass is 16.4. The van der Waals surface area contributed by atoms with Gasteiger partial charge in [0.15, 0.2) is 6.04 Å². The molecule has 1 saturated carbocycles. The Hall–Kier alpha value is -2.05. The first kappa shape index (κ1) is 14.4. The van der Waals surface area contributed by atoms with Crippen molar-refractivity contribution in [2.45, 2.75) is 44.2 Å². The van der Waals surface area contributed by atoms with Crippen LogP contribution in [-0.2, 0) is 11.8 Å². The summed E-state index contributed by atoms with van der Waals surface area (Å²) < 4.78 is 1.50. The molecule has 1 heterocycles. The van der Waals surface area contributed by atoms with E-state index >= 15 is 0 Å². The van der Waals surface area contributed by atoms with Crippen LogP contribution >= 0.6 is 0 Å². The quantitative estimate of drug-likeness (QED) is 0.754. The third kappa shape index (κ3) is 2.92. The van der Waals surface area contributed by atoms with Crippen LogP contribution < -0.4 is 10.6 Å². The molecule has 1 aliphatic rings. The average molecular weight is 280 g/mol. The molecular formula is C13H20N4O3. The molecule has 1 aromatic heterocycles. The van der Waals surface area contributed by atoms with E-state index < -0.39 is 18.0 Å². The molecule has 0 aromatic carbocycles. The lowest BCUT2D eigenvalue weighted by molar-refractivity contribution is -0.139. The molecule has 0 saturated heterocycles. The van der Waals surface area contributed by atoms with E-state index in [4.69, 9.17) is 0 Å². The van der Waals surface area contributed by atoms with Gasteiger partial charge in [-0.2, -0.15) is 5.10 Å². The van der Waals surface area contributed by atoms with Crippen molar-refractivity contribution in [1.29, 1.82) is 0 Å². The van der Waals surface area contributed by atoms with Gasteiger partial charge in [0.05, 0.1) is 6.20 Å². The van der Waals surface area contributed by atoms with Crippen molar-refractivity contribution < 1.29 is 14.7 Å². The molecule has 2 rings (SSSR count). The van der Waals surface area contributed by atoms with E-state index in [9.17, 15) is 14.7 Å².